The van der Waals surface area contributed by atoms with Crippen LogP contribution in [0.5, 0.6) is 0 Å². The minimum Gasteiger partial charge on any atom is -0.378 e. The van der Waals surface area contributed by atoms with E-state index in [-0.39, 0.29) is 0 Å². The van der Waals surface area contributed by atoms with Gasteiger partial charge in [-0.15, -0.1) is 0 Å². The third kappa shape index (κ3) is 3.47. The Bertz CT molecular complexity index is 453. The molecule has 0 atom stereocenters. The number of rotatable bonds is 3. The summed E-state index contributed by atoms with van der Waals surface area (Å²) in [5.41, 5.74) is 1.09. The first-order chi connectivity index (χ1) is 8.98. The Labute approximate surface area is 109 Å². The molecular weight excluding hydrogens is 259 g/mol. The molecule has 1 aliphatic heterocycles. The summed E-state index contributed by atoms with van der Waals surface area (Å²) >= 11 is 0. The van der Waals surface area contributed by atoms with Crippen molar-refractivity contribution >= 4 is 11.5 Å². The molecule has 0 radical (unpaired) electrons. The van der Waals surface area contributed by atoms with Crippen LogP contribution in [0, 0.1) is 0 Å². The number of carbonyl (C=O) groups excluding carboxylic acids is 1. The predicted molar refractivity (Wildman–Crippen MR) is 64.2 cm³/mol. The van der Waals surface area contributed by atoms with Crippen molar-refractivity contribution in [3.63, 3.8) is 0 Å². The normalized spacial score (nSPS) is 16.5. The highest BCUT2D eigenvalue weighted by molar-refractivity contribution is 5.87. The molecule has 2 rings (SSSR count). The SMILES string of the molecule is O=C(Cc1ccccc1N1CCOCC1)C(F)(F)F. The van der Waals surface area contributed by atoms with Gasteiger partial charge in [0.25, 0.3) is 0 Å². The summed E-state index contributed by atoms with van der Waals surface area (Å²) in [6.07, 6.45) is -5.39. The van der Waals surface area contributed by atoms with Gasteiger partial charge in [-0.1, -0.05) is 18.2 Å². The second-order valence-electron chi connectivity index (χ2n) is 4.33. The lowest BCUT2D eigenvalue weighted by Gasteiger charge is -2.30. The molecule has 1 aromatic rings. The van der Waals surface area contributed by atoms with E-state index in [1.165, 1.54) is 0 Å². The van der Waals surface area contributed by atoms with Crippen LogP contribution in [-0.2, 0) is 16.0 Å². The van der Waals surface area contributed by atoms with Crippen LogP contribution in [0.15, 0.2) is 24.3 Å². The number of alkyl halides is 3. The lowest BCUT2D eigenvalue weighted by molar-refractivity contribution is -0.170. The van der Waals surface area contributed by atoms with Gasteiger partial charge < -0.3 is 9.64 Å². The quantitative estimate of drug-likeness (QED) is 0.845. The summed E-state index contributed by atoms with van der Waals surface area (Å²) in [7, 11) is 0. The number of halogens is 3. The third-order valence-electron chi connectivity index (χ3n) is 3.01. The lowest BCUT2D eigenvalue weighted by Crippen LogP contribution is -2.37. The highest BCUT2D eigenvalue weighted by atomic mass is 19.4. The monoisotopic (exact) mass is 273 g/mol. The van der Waals surface area contributed by atoms with Crippen molar-refractivity contribution < 1.29 is 22.7 Å². The number of hydrogen-bond donors (Lipinski definition) is 0. The number of ether oxygens (including phenoxy) is 1. The lowest BCUT2D eigenvalue weighted by atomic mass is 10.1. The van der Waals surface area contributed by atoms with E-state index in [0.717, 1.165) is 0 Å². The maximum absolute atomic E-state index is 12.3. The van der Waals surface area contributed by atoms with Gasteiger partial charge >= 0.3 is 6.18 Å². The summed E-state index contributed by atoms with van der Waals surface area (Å²) in [5.74, 6) is -1.71. The van der Waals surface area contributed by atoms with E-state index in [2.05, 4.69) is 0 Å². The summed E-state index contributed by atoms with van der Waals surface area (Å²) in [6, 6.07) is 6.70. The molecule has 0 bridgehead atoms. The van der Waals surface area contributed by atoms with E-state index < -0.39 is 18.4 Å². The van der Waals surface area contributed by atoms with Crippen LogP contribution in [0.2, 0.25) is 0 Å². The smallest absolute Gasteiger partial charge is 0.378 e. The molecule has 1 fully saturated rings. The maximum Gasteiger partial charge on any atom is 0.450 e. The first-order valence-corrected chi connectivity index (χ1v) is 5.99. The molecule has 1 saturated heterocycles. The molecule has 0 amide bonds. The molecule has 0 saturated carbocycles. The minimum atomic E-state index is -4.78. The molecule has 1 heterocycles. The van der Waals surface area contributed by atoms with E-state index >= 15 is 0 Å². The summed E-state index contributed by atoms with van der Waals surface area (Å²) in [4.78, 5) is 13.0. The van der Waals surface area contributed by atoms with Gasteiger partial charge in [-0.25, -0.2) is 0 Å². The molecule has 19 heavy (non-hydrogen) atoms. The van der Waals surface area contributed by atoms with Crippen LogP contribution in [0.3, 0.4) is 0 Å². The fourth-order valence-corrected chi connectivity index (χ4v) is 2.05. The molecule has 3 nitrogen and oxygen atoms in total. The molecular formula is C13H14F3NO2. The highest BCUT2D eigenvalue weighted by Gasteiger charge is 2.38. The van der Waals surface area contributed by atoms with Crippen LogP contribution in [0.4, 0.5) is 18.9 Å². The molecule has 0 N–H and O–H groups in total. The molecule has 1 aliphatic rings. The Balaban J connectivity index is 2.18. The van der Waals surface area contributed by atoms with Gasteiger partial charge in [0.1, 0.15) is 0 Å². The first-order valence-electron chi connectivity index (χ1n) is 5.99. The fourth-order valence-electron chi connectivity index (χ4n) is 2.05. The van der Waals surface area contributed by atoms with Crippen LogP contribution in [-0.4, -0.2) is 38.3 Å². The standard InChI is InChI=1S/C13H14F3NO2/c14-13(15,16)12(18)9-10-3-1-2-4-11(10)17-5-7-19-8-6-17/h1-4H,5-9H2. The number of anilines is 1. The number of carbonyl (C=O) groups is 1. The Hall–Kier alpha value is -1.56. The highest BCUT2D eigenvalue weighted by Crippen LogP contribution is 2.25. The van der Waals surface area contributed by atoms with Crippen molar-refractivity contribution in [1.29, 1.82) is 0 Å². The second-order valence-corrected chi connectivity index (χ2v) is 4.33. The van der Waals surface area contributed by atoms with Gasteiger partial charge in [-0.05, 0) is 11.6 Å². The predicted octanol–water partition coefficient (Wildman–Crippen LogP) is 2.20. The van der Waals surface area contributed by atoms with Crippen molar-refractivity contribution in [3.05, 3.63) is 29.8 Å². The Kier molecular flexibility index (Phi) is 4.09. The van der Waals surface area contributed by atoms with Crippen LogP contribution < -0.4 is 4.90 Å². The van der Waals surface area contributed by atoms with E-state index in [1.807, 2.05) is 4.90 Å². The molecule has 0 aromatic heterocycles. The zero-order valence-electron chi connectivity index (χ0n) is 10.2. The largest absolute Gasteiger partial charge is 0.450 e. The van der Waals surface area contributed by atoms with Gasteiger partial charge in [-0.3, -0.25) is 4.79 Å². The van der Waals surface area contributed by atoms with Crippen molar-refractivity contribution in [1.82, 2.24) is 0 Å². The van der Waals surface area contributed by atoms with E-state index in [0.29, 0.717) is 37.6 Å². The zero-order chi connectivity index (χ0) is 13.9. The van der Waals surface area contributed by atoms with Crippen molar-refractivity contribution in [2.45, 2.75) is 12.6 Å². The van der Waals surface area contributed by atoms with Crippen molar-refractivity contribution in [2.24, 2.45) is 0 Å². The maximum atomic E-state index is 12.3. The molecule has 6 heteroatoms. The topological polar surface area (TPSA) is 29.5 Å². The molecule has 104 valence electrons. The van der Waals surface area contributed by atoms with Crippen LogP contribution in [0.25, 0.3) is 0 Å². The number of ketones is 1. The number of Topliss-reactive ketones (excluding diaryl/α,β-unsaturated/α-hetero) is 1. The first kappa shape index (κ1) is 13.9. The summed E-state index contributed by atoms with van der Waals surface area (Å²) in [6.45, 7) is 2.33. The van der Waals surface area contributed by atoms with Gasteiger partial charge in [0, 0.05) is 25.2 Å². The number of morpholine rings is 1. The van der Waals surface area contributed by atoms with Crippen LogP contribution >= 0.6 is 0 Å². The van der Waals surface area contributed by atoms with E-state index in [4.69, 9.17) is 4.74 Å². The van der Waals surface area contributed by atoms with Crippen molar-refractivity contribution in [2.75, 3.05) is 31.2 Å². The average Bonchev–Trinajstić information content (AvgIpc) is 2.39. The third-order valence-corrected chi connectivity index (χ3v) is 3.01. The van der Waals surface area contributed by atoms with Gasteiger partial charge in [0.2, 0.25) is 5.78 Å². The minimum absolute atomic E-state index is 0.409. The Morgan fingerprint density at radius 2 is 1.84 bits per heavy atom. The zero-order valence-corrected chi connectivity index (χ0v) is 10.2. The number of hydrogen-bond acceptors (Lipinski definition) is 3. The summed E-state index contributed by atoms with van der Waals surface area (Å²) in [5, 5.41) is 0. The van der Waals surface area contributed by atoms with Gasteiger partial charge in [-0.2, -0.15) is 13.2 Å². The van der Waals surface area contributed by atoms with E-state index in [1.54, 1.807) is 24.3 Å². The van der Waals surface area contributed by atoms with Crippen LogP contribution in [0.1, 0.15) is 5.56 Å². The molecule has 0 aliphatic carbocycles. The fraction of sp³-hybridized carbons (Fsp3) is 0.462. The number of para-hydroxylation sites is 1. The van der Waals surface area contributed by atoms with Gasteiger partial charge in [0.05, 0.1) is 13.2 Å². The second kappa shape index (κ2) is 5.61. The average molecular weight is 273 g/mol. The molecule has 1 aromatic carbocycles. The summed E-state index contributed by atoms with van der Waals surface area (Å²) < 4.78 is 42.2. The Morgan fingerprint density at radius 1 is 1.21 bits per heavy atom. The van der Waals surface area contributed by atoms with E-state index in [9.17, 15) is 18.0 Å². The van der Waals surface area contributed by atoms with Crippen molar-refractivity contribution in [3.8, 4) is 0 Å². The molecule has 0 unspecified atom stereocenters. The number of nitrogens with zero attached hydrogens (tertiary/aromatic N) is 1. The molecule has 0 spiro atoms. The van der Waals surface area contributed by atoms with Gasteiger partial charge in [0.15, 0.2) is 0 Å². The number of benzene rings is 1. The Morgan fingerprint density at radius 3 is 2.47 bits per heavy atom.